The number of ether oxygens (including phenoxy) is 2. The van der Waals surface area contributed by atoms with Gasteiger partial charge in [-0.05, 0) is 48.0 Å². The van der Waals surface area contributed by atoms with Gasteiger partial charge < -0.3 is 36.0 Å². The van der Waals surface area contributed by atoms with E-state index in [0.717, 1.165) is 31.5 Å². The van der Waals surface area contributed by atoms with Gasteiger partial charge in [-0.2, -0.15) is 0 Å². The van der Waals surface area contributed by atoms with Crippen LogP contribution in [0.15, 0.2) is 0 Å². The van der Waals surface area contributed by atoms with E-state index < -0.39 is 17.6 Å². The topological polar surface area (TPSA) is 77.1 Å². The van der Waals surface area contributed by atoms with Crippen LogP contribution in [0.1, 0.15) is 61.3 Å². The smallest absolute Gasteiger partial charge is 0.379 e. The predicted molar refractivity (Wildman–Crippen MR) is 126 cm³/mol. The van der Waals surface area contributed by atoms with Crippen LogP contribution in [0.5, 0.6) is 0 Å². The SMILES string of the molecule is CCC[Si](OCC)(OCC)OCC.CCO[Si](CCCOCC1CO1)(OCC)OCC. The van der Waals surface area contributed by atoms with E-state index >= 15 is 0 Å². The van der Waals surface area contributed by atoms with Crippen LogP contribution in [0.4, 0.5) is 0 Å². The summed E-state index contributed by atoms with van der Waals surface area (Å²) < 4.78 is 44.8. The molecule has 1 heterocycles. The molecule has 0 radical (unpaired) electrons. The van der Waals surface area contributed by atoms with Gasteiger partial charge in [-0.25, -0.2) is 0 Å². The van der Waals surface area contributed by atoms with Gasteiger partial charge in [-0.3, -0.25) is 0 Å². The molecule has 0 spiro atoms. The molecule has 10 heteroatoms. The molecule has 0 aromatic carbocycles. The highest BCUT2D eigenvalue weighted by atomic mass is 28.4. The third kappa shape index (κ3) is 14.8. The van der Waals surface area contributed by atoms with Crippen LogP contribution in [0.3, 0.4) is 0 Å². The first-order valence-corrected chi connectivity index (χ1v) is 15.9. The maximum Gasteiger partial charge on any atom is 0.501 e. The predicted octanol–water partition coefficient (Wildman–Crippen LogP) is 4.29. The molecule has 0 saturated carbocycles. The molecule has 0 amide bonds. The second-order valence-corrected chi connectivity index (χ2v) is 12.3. The van der Waals surface area contributed by atoms with Crippen LogP contribution >= 0.6 is 0 Å². The zero-order valence-corrected chi connectivity index (χ0v) is 23.0. The van der Waals surface area contributed by atoms with Crippen LogP contribution in [0.2, 0.25) is 12.1 Å². The average Bonchev–Trinajstić information content (AvgIpc) is 3.54. The lowest BCUT2D eigenvalue weighted by Crippen LogP contribution is -2.46. The molecule has 0 aromatic rings. The molecule has 0 N–H and O–H groups in total. The molecule has 1 saturated heterocycles. The Morgan fingerprint density at radius 3 is 1.35 bits per heavy atom. The summed E-state index contributed by atoms with van der Waals surface area (Å²) in [5.41, 5.74) is 0. The van der Waals surface area contributed by atoms with E-state index in [4.69, 9.17) is 36.0 Å². The van der Waals surface area contributed by atoms with E-state index in [9.17, 15) is 0 Å². The van der Waals surface area contributed by atoms with E-state index in [-0.39, 0.29) is 0 Å². The fourth-order valence-electron chi connectivity index (χ4n) is 3.08. The van der Waals surface area contributed by atoms with Crippen molar-refractivity contribution in [1.29, 1.82) is 0 Å². The Morgan fingerprint density at radius 1 is 0.645 bits per heavy atom. The summed E-state index contributed by atoms with van der Waals surface area (Å²) in [7, 11) is -4.76. The molecule has 31 heavy (non-hydrogen) atoms. The second-order valence-electron chi connectivity index (χ2n) is 6.85. The van der Waals surface area contributed by atoms with Gasteiger partial charge in [0, 0.05) is 58.3 Å². The van der Waals surface area contributed by atoms with Crippen LogP contribution in [0.25, 0.3) is 0 Å². The lowest BCUT2D eigenvalue weighted by atomic mass is 10.5. The van der Waals surface area contributed by atoms with Crippen molar-refractivity contribution in [1.82, 2.24) is 0 Å². The van der Waals surface area contributed by atoms with E-state index in [2.05, 4.69) is 6.92 Å². The molecular formula is C21H48O8Si2. The summed E-state index contributed by atoms with van der Waals surface area (Å²) in [5, 5.41) is 0. The minimum absolute atomic E-state index is 0.331. The fraction of sp³-hybridized carbons (Fsp3) is 1.00. The Bertz CT molecular complexity index is 353. The maximum absolute atomic E-state index is 5.76. The fourth-order valence-corrected chi connectivity index (χ4v) is 8.27. The third-order valence-corrected chi connectivity index (χ3v) is 10.7. The molecule has 0 bridgehead atoms. The average molecular weight is 485 g/mol. The van der Waals surface area contributed by atoms with Crippen molar-refractivity contribution in [2.45, 2.75) is 79.5 Å². The van der Waals surface area contributed by atoms with E-state index in [1.807, 2.05) is 41.5 Å². The summed E-state index contributed by atoms with van der Waals surface area (Å²) in [6.45, 7) is 20.1. The van der Waals surface area contributed by atoms with E-state index in [1.54, 1.807) is 0 Å². The molecular weight excluding hydrogens is 436 g/mol. The largest absolute Gasteiger partial charge is 0.501 e. The first-order valence-electron chi connectivity index (χ1n) is 12.0. The zero-order valence-electron chi connectivity index (χ0n) is 21.0. The maximum atomic E-state index is 5.76. The molecule has 0 aliphatic carbocycles. The Balaban J connectivity index is 0.000000615. The second kappa shape index (κ2) is 19.6. The molecule has 0 aromatic heterocycles. The number of epoxide rings is 1. The summed E-state index contributed by atoms with van der Waals surface area (Å²) in [5.74, 6) is 0. The summed E-state index contributed by atoms with van der Waals surface area (Å²) in [6.07, 6.45) is 2.28. The normalized spacial score (nSPS) is 16.2. The number of rotatable bonds is 20. The molecule has 8 nitrogen and oxygen atoms in total. The molecule has 1 unspecified atom stereocenters. The van der Waals surface area contributed by atoms with Crippen molar-refractivity contribution in [2.24, 2.45) is 0 Å². The Kier molecular flexibility index (Phi) is 19.6. The lowest BCUT2D eigenvalue weighted by molar-refractivity contribution is 0.0648. The van der Waals surface area contributed by atoms with Crippen LogP contribution in [-0.4, -0.2) is 83.2 Å². The monoisotopic (exact) mass is 484 g/mol. The third-order valence-electron chi connectivity index (χ3n) is 4.22. The Hall–Kier alpha value is 0.114. The highest BCUT2D eigenvalue weighted by Gasteiger charge is 2.40. The summed E-state index contributed by atoms with van der Waals surface area (Å²) in [6, 6.07) is 1.73. The first kappa shape index (κ1) is 31.1. The lowest BCUT2D eigenvalue weighted by Gasteiger charge is -2.28. The van der Waals surface area contributed by atoms with Crippen molar-refractivity contribution in [2.75, 3.05) is 59.5 Å². The minimum Gasteiger partial charge on any atom is -0.379 e. The van der Waals surface area contributed by atoms with Gasteiger partial charge in [-0.1, -0.05) is 13.3 Å². The summed E-state index contributed by atoms with van der Waals surface area (Å²) >= 11 is 0. The number of hydrogen-bond donors (Lipinski definition) is 0. The van der Waals surface area contributed by atoms with E-state index in [1.165, 1.54) is 0 Å². The molecule has 1 fully saturated rings. The Labute approximate surface area is 192 Å². The van der Waals surface area contributed by atoms with Gasteiger partial charge in [0.05, 0.1) is 13.2 Å². The van der Waals surface area contributed by atoms with Crippen molar-refractivity contribution < 1.29 is 36.0 Å². The highest BCUT2D eigenvalue weighted by molar-refractivity contribution is 6.61. The van der Waals surface area contributed by atoms with Crippen LogP contribution in [-0.2, 0) is 36.0 Å². The van der Waals surface area contributed by atoms with Gasteiger partial charge in [0.2, 0.25) is 0 Å². The van der Waals surface area contributed by atoms with Crippen molar-refractivity contribution in [3.05, 3.63) is 0 Å². The molecule has 1 atom stereocenters. The quantitative estimate of drug-likeness (QED) is 0.144. The minimum atomic E-state index is -2.47. The summed E-state index contributed by atoms with van der Waals surface area (Å²) in [4.78, 5) is 0. The Morgan fingerprint density at radius 2 is 1.03 bits per heavy atom. The van der Waals surface area contributed by atoms with Crippen LogP contribution in [0, 0.1) is 0 Å². The molecule has 188 valence electrons. The van der Waals surface area contributed by atoms with Gasteiger partial charge in [-0.15, -0.1) is 0 Å². The van der Waals surface area contributed by atoms with Gasteiger partial charge >= 0.3 is 17.6 Å². The van der Waals surface area contributed by atoms with Gasteiger partial charge in [0.1, 0.15) is 6.10 Å². The van der Waals surface area contributed by atoms with Crippen molar-refractivity contribution in [3.63, 3.8) is 0 Å². The van der Waals surface area contributed by atoms with Gasteiger partial charge in [0.25, 0.3) is 0 Å². The van der Waals surface area contributed by atoms with E-state index in [0.29, 0.717) is 59.0 Å². The number of hydrogen-bond acceptors (Lipinski definition) is 8. The first-order chi connectivity index (χ1) is 15.0. The van der Waals surface area contributed by atoms with Crippen LogP contribution < -0.4 is 0 Å². The van der Waals surface area contributed by atoms with Crippen molar-refractivity contribution >= 4 is 17.6 Å². The zero-order chi connectivity index (χ0) is 23.4. The molecule has 1 aliphatic heterocycles. The highest BCUT2D eigenvalue weighted by Crippen LogP contribution is 2.19. The molecule has 1 rings (SSSR count). The standard InChI is InChI=1S/C12H26O5Si.C9H22O3Si/c1-4-15-18(16-5-2,17-6-3)9-7-8-13-10-12-11-14-12;1-5-9-13(10-6-2,11-7-3)12-8-4/h12H,4-11H2,1-3H3;5-9H2,1-4H3. The van der Waals surface area contributed by atoms with Crippen molar-refractivity contribution in [3.8, 4) is 0 Å². The van der Waals surface area contributed by atoms with Gasteiger partial charge in [0.15, 0.2) is 0 Å². The molecule has 1 aliphatic rings.